The summed E-state index contributed by atoms with van der Waals surface area (Å²) in [5, 5.41) is 9.76. The number of nitrogens with zero attached hydrogens (tertiary/aromatic N) is 2. The number of aromatic nitrogens is 2. The van der Waals surface area contributed by atoms with Gasteiger partial charge in [-0.15, -0.1) is 11.3 Å². The molecule has 0 atom stereocenters. The zero-order chi connectivity index (χ0) is 14.8. The lowest BCUT2D eigenvalue weighted by Crippen LogP contribution is -1.96. The molecule has 3 rings (SSSR count). The number of hydrogen-bond donors (Lipinski definition) is 1. The molecule has 4 nitrogen and oxygen atoms in total. The van der Waals surface area contributed by atoms with Crippen molar-refractivity contribution in [2.24, 2.45) is 0 Å². The number of pyridine rings is 1. The van der Waals surface area contributed by atoms with Gasteiger partial charge in [0.05, 0.1) is 11.4 Å². The molecule has 0 saturated heterocycles. The van der Waals surface area contributed by atoms with Crippen LogP contribution in [0.4, 0.5) is 4.39 Å². The van der Waals surface area contributed by atoms with E-state index in [4.69, 9.17) is 0 Å². The molecule has 1 N–H and O–H groups in total. The number of carbonyl (C=O) groups is 1. The maximum atomic E-state index is 13.9. The summed E-state index contributed by atoms with van der Waals surface area (Å²) >= 11 is 0.984. The molecule has 0 amide bonds. The molecule has 0 aliphatic rings. The van der Waals surface area contributed by atoms with Crippen LogP contribution in [-0.4, -0.2) is 21.0 Å². The van der Waals surface area contributed by atoms with Gasteiger partial charge >= 0.3 is 5.97 Å². The van der Waals surface area contributed by atoms with E-state index in [2.05, 4.69) is 9.97 Å². The van der Waals surface area contributed by atoms with E-state index in [9.17, 15) is 14.3 Å². The number of carboxylic acids is 1. The Labute approximate surface area is 123 Å². The highest BCUT2D eigenvalue weighted by Gasteiger charge is 2.21. The highest BCUT2D eigenvalue weighted by molar-refractivity contribution is 7.17. The Morgan fingerprint density at radius 2 is 1.90 bits per heavy atom. The van der Waals surface area contributed by atoms with Crippen LogP contribution in [0.2, 0.25) is 0 Å². The SMILES string of the molecule is O=C(O)c1sc(-c2ccccn2)nc1-c1ccccc1F. The molecule has 104 valence electrons. The largest absolute Gasteiger partial charge is 0.477 e. The van der Waals surface area contributed by atoms with Crippen molar-refractivity contribution in [1.82, 2.24) is 9.97 Å². The van der Waals surface area contributed by atoms with Crippen molar-refractivity contribution in [2.75, 3.05) is 0 Å². The lowest BCUT2D eigenvalue weighted by atomic mass is 10.1. The summed E-state index contributed by atoms with van der Waals surface area (Å²) < 4.78 is 13.9. The maximum absolute atomic E-state index is 13.9. The third kappa shape index (κ3) is 2.53. The number of thiazole rings is 1. The van der Waals surface area contributed by atoms with Crippen molar-refractivity contribution in [3.05, 3.63) is 59.4 Å². The van der Waals surface area contributed by atoms with Crippen molar-refractivity contribution >= 4 is 17.3 Å². The minimum Gasteiger partial charge on any atom is -0.477 e. The van der Waals surface area contributed by atoms with E-state index in [1.54, 1.807) is 36.5 Å². The molecule has 2 aromatic heterocycles. The summed E-state index contributed by atoms with van der Waals surface area (Å²) in [6.45, 7) is 0. The van der Waals surface area contributed by atoms with Crippen LogP contribution < -0.4 is 0 Å². The third-order valence-corrected chi connectivity index (χ3v) is 3.90. The Morgan fingerprint density at radius 3 is 2.57 bits per heavy atom. The zero-order valence-electron chi connectivity index (χ0n) is 10.7. The summed E-state index contributed by atoms with van der Waals surface area (Å²) in [7, 11) is 0. The molecule has 21 heavy (non-hydrogen) atoms. The molecule has 2 heterocycles. The van der Waals surface area contributed by atoms with E-state index in [1.165, 1.54) is 12.1 Å². The minimum atomic E-state index is -1.13. The van der Waals surface area contributed by atoms with E-state index in [0.29, 0.717) is 10.7 Å². The smallest absolute Gasteiger partial charge is 0.348 e. The quantitative estimate of drug-likeness (QED) is 0.801. The highest BCUT2D eigenvalue weighted by atomic mass is 32.1. The number of benzene rings is 1. The second-order valence-corrected chi connectivity index (χ2v) is 5.20. The molecule has 3 aromatic rings. The van der Waals surface area contributed by atoms with Gasteiger partial charge in [-0.3, -0.25) is 4.98 Å². The van der Waals surface area contributed by atoms with Crippen LogP contribution >= 0.6 is 11.3 Å². The van der Waals surface area contributed by atoms with Crippen LogP contribution in [0.5, 0.6) is 0 Å². The Morgan fingerprint density at radius 1 is 1.14 bits per heavy atom. The first-order valence-corrected chi connectivity index (χ1v) is 6.89. The van der Waals surface area contributed by atoms with Crippen molar-refractivity contribution in [1.29, 1.82) is 0 Å². The van der Waals surface area contributed by atoms with Gasteiger partial charge in [0.25, 0.3) is 0 Å². The van der Waals surface area contributed by atoms with Crippen molar-refractivity contribution in [3.63, 3.8) is 0 Å². The average molecular weight is 300 g/mol. The molecule has 0 radical (unpaired) electrons. The highest BCUT2D eigenvalue weighted by Crippen LogP contribution is 2.34. The zero-order valence-corrected chi connectivity index (χ0v) is 11.5. The topological polar surface area (TPSA) is 63.1 Å². The number of rotatable bonds is 3. The van der Waals surface area contributed by atoms with Gasteiger partial charge in [-0.05, 0) is 24.3 Å². The van der Waals surface area contributed by atoms with E-state index in [1.807, 2.05) is 0 Å². The Balaban J connectivity index is 2.19. The molecule has 0 aliphatic heterocycles. The van der Waals surface area contributed by atoms with E-state index >= 15 is 0 Å². The average Bonchev–Trinajstić information content (AvgIpc) is 2.94. The van der Waals surface area contributed by atoms with Gasteiger partial charge in [-0.2, -0.15) is 0 Å². The van der Waals surface area contributed by atoms with Crippen LogP contribution in [0, 0.1) is 5.82 Å². The van der Waals surface area contributed by atoms with Crippen molar-refractivity contribution in [2.45, 2.75) is 0 Å². The van der Waals surface area contributed by atoms with E-state index in [0.717, 1.165) is 11.3 Å². The second-order valence-electron chi connectivity index (χ2n) is 4.20. The molecule has 0 fully saturated rings. The molecule has 0 saturated carbocycles. The van der Waals surface area contributed by atoms with Crippen LogP contribution in [0.1, 0.15) is 9.67 Å². The van der Waals surface area contributed by atoms with Crippen LogP contribution in [-0.2, 0) is 0 Å². The molecule has 1 aromatic carbocycles. The fraction of sp³-hybridized carbons (Fsp3) is 0. The lowest BCUT2D eigenvalue weighted by molar-refractivity contribution is 0.0702. The standard InChI is InChI=1S/C15H9FN2O2S/c16-10-6-2-1-5-9(10)12-13(15(19)20)21-14(18-12)11-7-3-4-8-17-11/h1-8H,(H,19,20). The minimum absolute atomic E-state index is 0.000697. The molecule has 0 bridgehead atoms. The van der Waals surface area contributed by atoms with Gasteiger partial charge in [0.15, 0.2) is 0 Å². The first-order chi connectivity index (χ1) is 10.2. The number of carboxylic acid groups (broad SMARTS) is 1. The van der Waals surface area contributed by atoms with Gasteiger partial charge in [0.2, 0.25) is 0 Å². The first-order valence-electron chi connectivity index (χ1n) is 6.07. The Hall–Kier alpha value is -2.60. The van der Waals surface area contributed by atoms with Gasteiger partial charge in [0.1, 0.15) is 15.7 Å². The summed E-state index contributed by atoms with van der Waals surface area (Å²) in [5.41, 5.74) is 0.868. The van der Waals surface area contributed by atoms with Crippen LogP contribution in [0.3, 0.4) is 0 Å². The van der Waals surface area contributed by atoms with Crippen LogP contribution in [0.25, 0.3) is 22.0 Å². The van der Waals surface area contributed by atoms with Crippen LogP contribution in [0.15, 0.2) is 48.7 Å². The molecule has 0 unspecified atom stereocenters. The fourth-order valence-corrected chi connectivity index (χ4v) is 2.79. The molecular weight excluding hydrogens is 291 g/mol. The summed E-state index contributed by atoms with van der Waals surface area (Å²) in [6.07, 6.45) is 1.60. The molecule has 0 aliphatic carbocycles. The first kappa shape index (κ1) is 13.4. The van der Waals surface area contributed by atoms with Gasteiger partial charge in [0, 0.05) is 11.8 Å². The lowest BCUT2D eigenvalue weighted by Gasteiger charge is -2.00. The van der Waals surface area contributed by atoms with E-state index in [-0.39, 0.29) is 16.1 Å². The molecular formula is C15H9FN2O2S. The van der Waals surface area contributed by atoms with Crippen molar-refractivity contribution in [3.8, 4) is 22.0 Å². The Bertz CT molecular complexity index is 802. The number of hydrogen-bond acceptors (Lipinski definition) is 4. The summed E-state index contributed by atoms with van der Waals surface area (Å²) in [4.78, 5) is 19.8. The second kappa shape index (κ2) is 5.41. The summed E-state index contributed by atoms with van der Waals surface area (Å²) in [6, 6.07) is 11.3. The normalized spacial score (nSPS) is 10.5. The number of halogens is 1. The number of aromatic carboxylic acids is 1. The fourth-order valence-electron chi connectivity index (χ4n) is 1.90. The molecule has 6 heteroatoms. The third-order valence-electron chi connectivity index (χ3n) is 2.83. The van der Waals surface area contributed by atoms with Gasteiger partial charge < -0.3 is 5.11 Å². The van der Waals surface area contributed by atoms with Gasteiger partial charge in [-0.1, -0.05) is 18.2 Å². The van der Waals surface area contributed by atoms with E-state index < -0.39 is 11.8 Å². The van der Waals surface area contributed by atoms with Gasteiger partial charge in [-0.25, -0.2) is 14.2 Å². The summed E-state index contributed by atoms with van der Waals surface area (Å²) in [5.74, 6) is -1.63. The Kier molecular flexibility index (Phi) is 3.45. The monoisotopic (exact) mass is 300 g/mol. The molecule has 0 spiro atoms. The maximum Gasteiger partial charge on any atom is 0.348 e. The predicted molar refractivity (Wildman–Crippen MR) is 77.7 cm³/mol. The predicted octanol–water partition coefficient (Wildman–Crippen LogP) is 3.71. The van der Waals surface area contributed by atoms with Crippen molar-refractivity contribution < 1.29 is 14.3 Å².